The highest BCUT2D eigenvalue weighted by Crippen LogP contribution is 2.10. The molecule has 4 N–H and O–H groups in total. The van der Waals surface area contributed by atoms with Gasteiger partial charge in [-0.05, 0) is 5.92 Å². The number of hydrogen-bond acceptors (Lipinski definition) is 5. The van der Waals surface area contributed by atoms with E-state index in [-0.39, 0.29) is 5.92 Å². The third kappa shape index (κ3) is 5.27. The molecule has 0 aliphatic heterocycles. The number of rotatable bonds is 7. The average Bonchev–Trinajstić information content (AvgIpc) is 2.24. The average molecular weight is 248 g/mol. The molecule has 0 aromatic rings. The van der Waals surface area contributed by atoms with Crippen molar-refractivity contribution in [1.29, 1.82) is 0 Å². The molecule has 0 heterocycles. The fourth-order valence-corrected chi connectivity index (χ4v) is 1.22. The fraction of sp³-hybridized carbons (Fsp3) is 0.727. The van der Waals surface area contributed by atoms with Crippen LogP contribution in [-0.2, 0) is 9.53 Å². The number of aliphatic hydroxyl groups excluding tert-OH is 3. The van der Waals surface area contributed by atoms with Gasteiger partial charge in [-0.1, -0.05) is 26.0 Å². The van der Waals surface area contributed by atoms with Gasteiger partial charge in [-0.25, -0.2) is 4.79 Å². The molecule has 4 unspecified atom stereocenters. The number of methoxy groups -OCH3 is 1. The molecule has 0 radical (unpaired) electrons. The Morgan fingerprint density at radius 3 is 2.00 bits per heavy atom. The van der Waals surface area contributed by atoms with Crippen LogP contribution in [0, 0.1) is 5.92 Å². The summed E-state index contributed by atoms with van der Waals surface area (Å²) in [6.45, 7) is 3.75. The lowest BCUT2D eigenvalue weighted by Gasteiger charge is -2.24. The van der Waals surface area contributed by atoms with Crippen LogP contribution in [-0.4, -0.2) is 57.9 Å². The van der Waals surface area contributed by atoms with E-state index in [1.807, 2.05) is 13.8 Å². The number of allylic oxidation sites excluding steroid dienone is 1. The van der Waals surface area contributed by atoms with E-state index < -0.39 is 30.4 Å². The maximum absolute atomic E-state index is 10.7. The highest BCUT2D eigenvalue weighted by Gasteiger charge is 2.34. The molecular weight excluding hydrogens is 228 g/mol. The molecule has 0 saturated carbocycles. The molecule has 6 heteroatoms. The summed E-state index contributed by atoms with van der Waals surface area (Å²) in [5.41, 5.74) is 0. The Morgan fingerprint density at radius 2 is 1.65 bits per heavy atom. The molecule has 0 aromatic carbocycles. The Hall–Kier alpha value is -0.950. The second-order valence-electron chi connectivity index (χ2n) is 4.10. The van der Waals surface area contributed by atoms with Crippen LogP contribution in [0.25, 0.3) is 0 Å². The van der Waals surface area contributed by atoms with Gasteiger partial charge in [0.05, 0.1) is 0 Å². The topological polar surface area (TPSA) is 107 Å². The number of hydrogen-bond donors (Lipinski definition) is 4. The summed E-state index contributed by atoms with van der Waals surface area (Å²) < 4.78 is 4.53. The Bertz CT molecular complexity index is 263. The predicted octanol–water partition coefficient (Wildman–Crippen LogP) is -0.619. The number of carboxylic acid groups (broad SMARTS) is 1. The highest BCUT2D eigenvalue weighted by atomic mass is 16.5. The summed E-state index contributed by atoms with van der Waals surface area (Å²) in [6.07, 6.45) is -3.29. The van der Waals surface area contributed by atoms with E-state index in [0.29, 0.717) is 0 Å². The van der Waals surface area contributed by atoms with Gasteiger partial charge in [0.25, 0.3) is 0 Å². The summed E-state index contributed by atoms with van der Waals surface area (Å²) >= 11 is 0. The van der Waals surface area contributed by atoms with Gasteiger partial charge in [0.1, 0.15) is 18.3 Å². The van der Waals surface area contributed by atoms with Gasteiger partial charge in [-0.15, -0.1) is 0 Å². The molecule has 0 aromatic heterocycles. The van der Waals surface area contributed by atoms with E-state index >= 15 is 0 Å². The van der Waals surface area contributed by atoms with Crippen LogP contribution in [0.4, 0.5) is 0 Å². The zero-order chi connectivity index (χ0) is 13.6. The first kappa shape index (κ1) is 16.1. The molecule has 17 heavy (non-hydrogen) atoms. The molecule has 0 amide bonds. The van der Waals surface area contributed by atoms with E-state index in [4.69, 9.17) is 5.11 Å². The first-order chi connectivity index (χ1) is 7.81. The Morgan fingerprint density at radius 1 is 1.12 bits per heavy atom. The number of aliphatic hydroxyl groups is 3. The minimum atomic E-state index is -1.70. The van der Waals surface area contributed by atoms with Crippen LogP contribution < -0.4 is 0 Å². The lowest BCUT2D eigenvalue weighted by atomic mass is 10.0. The molecule has 0 bridgehead atoms. The van der Waals surface area contributed by atoms with Crippen LogP contribution in [0.1, 0.15) is 13.8 Å². The van der Waals surface area contributed by atoms with Crippen molar-refractivity contribution in [2.45, 2.75) is 38.3 Å². The van der Waals surface area contributed by atoms with Gasteiger partial charge in [0, 0.05) is 7.11 Å². The SMILES string of the molecule is COC(C(=O)O)C(O)C(O)C(O)/C=C/C(C)C. The van der Waals surface area contributed by atoms with Crippen molar-refractivity contribution in [2.24, 2.45) is 5.92 Å². The van der Waals surface area contributed by atoms with E-state index in [9.17, 15) is 20.1 Å². The predicted molar refractivity (Wildman–Crippen MR) is 60.4 cm³/mol. The second kappa shape index (κ2) is 7.39. The molecule has 100 valence electrons. The molecule has 4 atom stereocenters. The van der Waals surface area contributed by atoms with Gasteiger partial charge >= 0.3 is 5.97 Å². The molecule has 0 fully saturated rings. The molecule has 0 aliphatic rings. The van der Waals surface area contributed by atoms with Crippen molar-refractivity contribution in [2.75, 3.05) is 7.11 Å². The minimum Gasteiger partial charge on any atom is -0.479 e. The van der Waals surface area contributed by atoms with Gasteiger partial charge < -0.3 is 25.2 Å². The van der Waals surface area contributed by atoms with Crippen LogP contribution in [0.3, 0.4) is 0 Å². The molecule has 0 rings (SSSR count). The molecule has 0 saturated heterocycles. The minimum absolute atomic E-state index is 0.173. The smallest absolute Gasteiger partial charge is 0.335 e. The van der Waals surface area contributed by atoms with E-state index in [1.54, 1.807) is 6.08 Å². The van der Waals surface area contributed by atoms with Gasteiger partial charge in [-0.2, -0.15) is 0 Å². The summed E-state index contributed by atoms with van der Waals surface area (Å²) in [7, 11) is 1.10. The first-order valence-corrected chi connectivity index (χ1v) is 5.29. The third-order valence-electron chi connectivity index (χ3n) is 2.20. The summed E-state index contributed by atoms with van der Waals surface area (Å²) in [5, 5.41) is 37.3. The van der Waals surface area contributed by atoms with Crippen molar-refractivity contribution >= 4 is 5.97 Å². The number of carbonyl (C=O) groups is 1. The first-order valence-electron chi connectivity index (χ1n) is 5.29. The van der Waals surface area contributed by atoms with Crippen LogP contribution >= 0.6 is 0 Å². The van der Waals surface area contributed by atoms with Crippen molar-refractivity contribution in [3.63, 3.8) is 0 Å². The van der Waals surface area contributed by atoms with Crippen LogP contribution in [0.15, 0.2) is 12.2 Å². The fourth-order valence-electron chi connectivity index (χ4n) is 1.22. The van der Waals surface area contributed by atoms with Crippen molar-refractivity contribution in [3.8, 4) is 0 Å². The quantitative estimate of drug-likeness (QED) is 0.447. The zero-order valence-corrected chi connectivity index (χ0v) is 10.1. The molecule has 0 aliphatic carbocycles. The highest BCUT2D eigenvalue weighted by molar-refractivity contribution is 5.73. The van der Waals surface area contributed by atoms with Gasteiger partial charge in [0.15, 0.2) is 6.10 Å². The third-order valence-corrected chi connectivity index (χ3v) is 2.20. The summed E-state index contributed by atoms with van der Waals surface area (Å²) in [5.74, 6) is -1.23. The van der Waals surface area contributed by atoms with Crippen molar-refractivity contribution < 1.29 is 30.0 Å². The largest absolute Gasteiger partial charge is 0.479 e. The van der Waals surface area contributed by atoms with Crippen molar-refractivity contribution in [3.05, 3.63) is 12.2 Å². The van der Waals surface area contributed by atoms with Crippen LogP contribution in [0.5, 0.6) is 0 Å². The molecule has 0 spiro atoms. The lowest BCUT2D eigenvalue weighted by Crippen LogP contribution is -2.48. The zero-order valence-electron chi connectivity index (χ0n) is 10.1. The van der Waals surface area contributed by atoms with Gasteiger partial charge in [0.2, 0.25) is 0 Å². The van der Waals surface area contributed by atoms with Crippen LogP contribution in [0.2, 0.25) is 0 Å². The standard InChI is InChI=1S/C11H20O6/c1-6(2)4-5-7(12)8(13)9(14)10(17-3)11(15)16/h4-10,12-14H,1-3H3,(H,15,16)/b5-4+. The van der Waals surface area contributed by atoms with E-state index in [0.717, 1.165) is 7.11 Å². The number of aliphatic carboxylic acids is 1. The molecule has 6 nitrogen and oxygen atoms in total. The maximum Gasteiger partial charge on any atom is 0.335 e. The van der Waals surface area contributed by atoms with E-state index in [2.05, 4.69) is 4.74 Å². The normalized spacial score (nSPS) is 19.2. The maximum atomic E-state index is 10.7. The Labute approximate surface area is 100 Å². The second-order valence-corrected chi connectivity index (χ2v) is 4.10. The molecular formula is C11H20O6. The van der Waals surface area contributed by atoms with E-state index in [1.165, 1.54) is 6.08 Å². The Balaban J connectivity index is 4.57. The number of ether oxygens (including phenoxy) is 1. The summed E-state index contributed by atoms with van der Waals surface area (Å²) in [6, 6.07) is 0. The summed E-state index contributed by atoms with van der Waals surface area (Å²) in [4.78, 5) is 10.7. The Kier molecular flexibility index (Phi) is 6.98. The number of carboxylic acids is 1. The van der Waals surface area contributed by atoms with Crippen molar-refractivity contribution in [1.82, 2.24) is 0 Å². The lowest BCUT2D eigenvalue weighted by molar-refractivity contribution is -0.165. The van der Waals surface area contributed by atoms with Gasteiger partial charge in [-0.3, -0.25) is 0 Å². The monoisotopic (exact) mass is 248 g/mol.